The highest BCUT2D eigenvalue weighted by molar-refractivity contribution is 7.80. The molecule has 1 aliphatic rings. The van der Waals surface area contributed by atoms with E-state index in [0.29, 0.717) is 0 Å². The van der Waals surface area contributed by atoms with Crippen molar-refractivity contribution in [3.63, 3.8) is 0 Å². The lowest BCUT2D eigenvalue weighted by atomic mass is 10.2. The largest absolute Gasteiger partial charge is 0.346 e. The van der Waals surface area contributed by atoms with Gasteiger partial charge in [0, 0.05) is 31.9 Å². The van der Waals surface area contributed by atoms with Crippen LogP contribution in [-0.2, 0) is 0 Å². The minimum atomic E-state index is 0.849. The van der Waals surface area contributed by atoms with Crippen LogP contribution in [0.2, 0.25) is 0 Å². The molecule has 0 spiro atoms. The fourth-order valence-electron chi connectivity index (χ4n) is 2.42. The molecular weight excluding hydrogens is 254 g/mol. The molecule has 1 fully saturated rings. The van der Waals surface area contributed by atoms with Gasteiger partial charge < -0.3 is 10.2 Å². The Hall–Kier alpha value is -1.13. The standard InChI is InChI=1S/C15H23N3S/c1-3-7-17-8-10-18(11-9-17)15(19)16-14-6-4-5-13(2)12-14/h4-6,12H,3,7-11H2,1-2H3,(H,16,19). The van der Waals surface area contributed by atoms with Crippen LogP contribution < -0.4 is 5.32 Å². The van der Waals surface area contributed by atoms with Gasteiger partial charge in [-0.25, -0.2) is 0 Å². The Balaban J connectivity index is 1.84. The Kier molecular flexibility index (Phi) is 5.16. The van der Waals surface area contributed by atoms with Crippen LogP contribution in [0.25, 0.3) is 0 Å². The average Bonchev–Trinajstić information content (AvgIpc) is 2.40. The number of benzene rings is 1. The van der Waals surface area contributed by atoms with E-state index >= 15 is 0 Å². The van der Waals surface area contributed by atoms with E-state index in [2.05, 4.69) is 53.2 Å². The second-order valence-electron chi connectivity index (χ2n) is 5.13. The molecule has 0 aliphatic carbocycles. The summed E-state index contributed by atoms with van der Waals surface area (Å²) < 4.78 is 0. The Bertz CT molecular complexity index is 425. The van der Waals surface area contributed by atoms with Gasteiger partial charge in [-0.2, -0.15) is 0 Å². The molecule has 1 saturated heterocycles. The third-order valence-corrected chi connectivity index (χ3v) is 3.83. The van der Waals surface area contributed by atoms with Crippen LogP contribution >= 0.6 is 12.2 Å². The number of nitrogens with zero attached hydrogens (tertiary/aromatic N) is 2. The zero-order valence-corrected chi connectivity index (χ0v) is 12.7. The van der Waals surface area contributed by atoms with Gasteiger partial charge in [-0.05, 0) is 49.8 Å². The molecule has 19 heavy (non-hydrogen) atoms. The topological polar surface area (TPSA) is 18.5 Å². The fourth-order valence-corrected chi connectivity index (χ4v) is 2.72. The summed E-state index contributed by atoms with van der Waals surface area (Å²) in [6.45, 7) is 9.81. The molecule has 1 N–H and O–H groups in total. The quantitative estimate of drug-likeness (QED) is 0.856. The number of aryl methyl sites for hydroxylation is 1. The van der Waals surface area contributed by atoms with Gasteiger partial charge in [-0.3, -0.25) is 4.90 Å². The van der Waals surface area contributed by atoms with Crippen LogP contribution in [0, 0.1) is 6.92 Å². The Labute approximate surface area is 121 Å². The first-order valence-corrected chi connectivity index (χ1v) is 7.45. The van der Waals surface area contributed by atoms with Crippen molar-refractivity contribution in [1.29, 1.82) is 0 Å². The normalized spacial score (nSPS) is 16.4. The smallest absolute Gasteiger partial charge is 0.173 e. The molecule has 0 bridgehead atoms. The number of anilines is 1. The SMILES string of the molecule is CCCN1CCN(C(=S)Nc2cccc(C)c2)CC1. The lowest BCUT2D eigenvalue weighted by Crippen LogP contribution is -2.49. The Morgan fingerprint density at radius 2 is 2.00 bits per heavy atom. The van der Waals surface area contributed by atoms with Gasteiger partial charge in [-0.15, -0.1) is 0 Å². The molecule has 1 aliphatic heterocycles. The van der Waals surface area contributed by atoms with Crippen LogP contribution in [0.5, 0.6) is 0 Å². The van der Waals surface area contributed by atoms with E-state index in [4.69, 9.17) is 12.2 Å². The molecule has 0 unspecified atom stereocenters. The van der Waals surface area contributed by atoms with E-state index in [-0.39, 0.29) is 0 Å². The van der Waals surface area contributed by atoms with Crippen molar-refractivity contribution in [2.75, 3.05) is 38.0 Å². The molecule has 0 atom stereocenters. The Morgan fingerprint density at radius 1 is 1.26 bits per heavy atom. The van der Waals surface area contributed by atoms with E-state index < -0.39 is 0 Å². The summed E-state index contributed by atoms with van der Waals surface area (Å²) in [5.74, 6) is 0. The maximum atomic E-state index is 5.50. The molecule has 0 amide bonds. The molecule has 4 heteroatoms. The first-order chi connectivity index (χ1) is 9.19. The maximum Gasteiger partial charge on any atom is 0.173 e. The van der Waals surface area contributed by atoms with Crippen molar-refractivity contribution in [3.8, 4) is 0 Å². The first kappa shape index (κ1) is 14.3. The number of hydrogen-bond acceptors (Lipinski definition) is 2. The summed E-state index contributed by atoms with van der Waals surface area (Å²) in [5, 5.41) is 4.19. The summed E-state index contributed by atoms with van der Waals surface area (Å²) in [4.78, 5) is 4.77. The van der Waals surface area contributed by atoms with Gasteiger partial charge >= 0.3 is 0 Å². The van der Waals surface area contributed by atoms with Crippen LogP contribution in [-0.4, -0.2) is 47.6 Å². The van der Waals surface area contributed by atoms with Crippen molar-refractivity contribution >= 4 is 23.0 Å². The second-order valence-corrected chi connectivity index (χ2v) is 5.52. The van der Waals surface area contributed by atoms with Crippen LogP contribution in [0.15, 0.2) is 24.3 Å². The summed E-state index contributed by atoms with van der Waals surface area (Å²) in [6, 6.07) is 8.34. The highest BCUT2D eigenvalue weighted by Gasteiger charge is 2.18. The number of piperazine rings is 1. The molecule has 1 heterocycles. The second kappa shape index (κ2) is 6.87. The average molecular weight is 277 g/mol. The summed E-state index contributed by atoms with van der Waals surface area (Å²) in [6.07, 6.45) is 1.23. The van der Waals surface area contributed by atoms with E-state index in [1.807, 2.05) is 0 Å². The van der Waals surface area contributed by atoms with Crippen molar-refractivity contribution in [2.45, 2.75) is 20.3 Å². The van der Waals surface area contributed by atoms with Gasteiger partial charge in [0.05, 0.1) is 0 Å². The molecule has 1 aromatic carbocycles. The zero-order chi connectivity index (χ0) is 13.7. The minimum absolute atomic E-state index is 0.849. The van der Waals surface area contributed by atoms with Crippen molar-refractivity contribution in [3.05, 3.63) is 29.8 Å². The molecule has 3 nitrogen and oxygen atoms in total. The third-order valence-electron chi connectivity index (χ3n) is 3.47. The highest BCUT2D eigenvalue weighted by atomic mass is 32.1. The first-order valence-electron chi connectivity index (χ1n) is 7.04. The molecular formula is C15H23N3S. The van der Waals surface area contributed by atoms with Gasteiger partial charge in [0.15, 0.2) is 5.11 Å². The molecule has 0 saturated carbocycles. The Morgan fingerprint density at radius 3 is 2.63 bits per heavy atom. The van der Waals surface area contributed by atoms with Crippen molar-refractivity contribution in [2.24, 2.45) is 0 Å². The van der Waals surface area contributed by atoms with Crippen LogP contribution in [0.1, 0.15) is 18.9 Å². The fraction of sp³-hybridized carbons (Fsp3) is 0.533. The number of thiocarbonyl (C=S) groups is 1. The third kappa shape index (κ3) is 4.18. The lowest BCUT2D eigenvalue weighted by molar-refractivity contribution is 0.184. The van der Waals surface area contributed by atoms with Crippen molar-refractivity contribution < 1.29 is 0 Å². The summed E-state index contributed by atoms with van der Waals surface area (Å²) in [5.41, 5.74) is 2.33. The van der Waals surface area contributed by atoms with Gasteiger partial charge in [0.25, 0.3) is 0 Å². The lowest BCUT2D eigenvalue weighted by Gasteiger charge is -2.36. The van der Waals surface area contributed by atoms with Crippen LogP contribution in [0.4, 0.5) is 5.69 Å². The zero-order valence-electron chi connectivity index (χ0n) is 11.9. The molecule has 104 valence electrons. The number of nitrogens with one attached hydrogen (secondary N) is 1. The van der Waals surface area contributed by atoms with E-state index in [1.165, 1.54) is 18.5 Å². The highest BCUT2D eigenvalue weighted by Crippen LogP contribution is 2.11. The van der Waals surface area contributed by atoms with Crippen LogP contribution in [0.3, 0.4) is 0 Å². The number of rotatable bonds is 3. The van der Waals surface area contributed by atoms with E-state index in [1.54, 1.807) is 0 Å². The maximum absolute atomic E-state index is 5.50. The molecule has 1 aromatic rings. The monoisotopic (exact) mass is 277 g/mol. The summed E-state index contributed by atoms with van der Waals surface area (Å²) in [7, 11) is 0. The van der Waals surface area contributed by atoms with E-state index in [0.717, 1.165) is 37.0 Å². The van der Waals surface area contributed by atoms with Gasteiger partial charge in [0.1, 0.15) is 0 Å². The van der Waals surface area contributed by atoms with Gasteiger partial charge in [-0.1, -0.05) is 19.1 Å². The predicted molar refractivity (Wildman–Crippen MR) is 85.7 cm³/mol. The van der Waals surface area contributed by atoms with Crippen molar-refractivity contribution in [1.82, 2.24) is 9.80 Å². The minimum Gasteiger partial charge on any atom is -0.346 e. The summed E-state index contributed by atoms with van der Waals surface area (Å²) >= 11 is 5.50. The van der Waals surface area contributed by atoms with Gasteiger partial charge in [0.2, 0.25) is 0 Å². The molecule has 0 radical (unpaired) electrons. The molecule has 0 aromatic heterocycles. The molecule has 2 rings (SSSR count). The number of hydrogen-bond donors (Lipinski definition) is 1. The predicted octanol–water partition coefficient (Wildman–Crippen LogP) is 2.72. The van der Waals surface area contributed by atoms with E-state index in [9.17, 15) is 0 Å².